The Balaban J connectivity index is 1.59. The minimum Gasteiger partial charge on any atom is -0.493 e. The fourth-order valence-corrected chi connectivity index (χ4v) is 4.55. The van der Waals surface area contributed by atoms with Gasteiger partial charge in [-0.05, 0) is 18.8 Å². The predicted octanol–water partition coefficient (Wildman–Crippen LogP) is 2.23. The number of fused-ring (bicyclic) bond motifs is 1. The summed E-state index contributed by atoms with van der Waals surface area (Å²) in [7, 11) is 4.56. The summed E-state index contributed by atoms with van der Waals surface area (Å²) in [6.07, 6.45) is 2.97. The van der Waals surface area contributed by atoms with Crippen molar-refractivity contribution in [1.82, 2.24) is 4.90 Å². The molecule has 1 aliphatic carbocycles. The van der Waals surface area contributed by atoms with Gasteiger partial charge in [0.25, 0.3) is 0 Å². The molecule has 0 spiro atoms. The van der Waals surface area contributed by atoms with Gasteiger partial charge in [0, 0.05) is 43.9 Å². The number of carbonyl (C=O) groups is 2. The second-order valence-corrected chi connectivity index (χ2v) is 7.50. The van der Waals surface area contributed by atoms with Crippen LogP contribution in [-0.4, -0.2) is 62.8 Å². The van der Waals surface area contributed by atoms with Gasteiger partial charge >= 0.3 is 5.97 Å². The van der Waals surface area contributed by atoms with E-state index >= 15 is 0 Å². The Hall–Kier alpha value is -2.48. The van der Waals surface area contributed by atoms with Crippen LogP contribution in [0.5, 0.6) is 17.2 Å². The van der Waals surface area contributed by atoms with E-state index in [9.17, 15) is 14.7 Å². The number of carbonyl (C=O) groups excluding carboxylic acids is 1. The number of hydrogen-bond donors (Lipinski definition) is 2. The van der Waals surface area contributed by atoms with Crippen molar-refractivity contribution < 1.29 is 28.9 Å². The fraction of sp³-hybridized carbons (Fsp3) is 0.600. The molecule has 1 heterocycles. The lowest BCUT2D eigenvalue weighted by Gasteiger charge is -2.23. The second kappa shape index (κ2) is 8.26. The topological polar surface area (TPSA) is 97.3 Å². The lowest BCUT2D eigenvalue weighted by Crippen LogP contribution is -2.36. The Kier molecular flexibility index (Phi) is 5.98. The van der Waals surface area contributed by atoms with E-state index in [0.29, 0.717) is 42.4 Å². The molecule has 2 N–H and O–H groups in total. The van der Waals surface area contributed by atoms with Gasteiger partial charge in [-0.1, -0.05) is 6.42 Å². The minimum atomic E-state index is -0.695. The molecular formula is C20H28N2O6. The first kappa shape index (κ1) is 20.3. The van der Waals surface area contributed by atoms with E-state index in [2.05, 4.69) is 10.2 Å². The molecule has 2 fully saturated rings. The Labute approximate surface area is 164 Å². The largest absolute Gasteiger partial charge is 0.493 e. The van der Waals surface area contributed by atoms with Gasteiger partial charge in [-0.2, -0.15) is 0 Å². The van der Waals surface area contributed by atoms with Crippen LogP contribution in [0, 0.1) is 11.3 Å². The summed E-state index contributed by atoms with van der Waals surface area (Å²) >= 11 is 0. The van der Waals surface area contributed by atoms with E-state index in [0.717, 1.165) is 25.8 Å². The number of nitrogens with zero attached hydrogens (tertiary/aromatic N) is 1. The third-order valence-corrected chi connectivity index (χ3v) is 5.97. The van der Waals surface area contributed by atoms with Crippen molar-refractivity contribution in [3.63, 3.8) is 0 Å². The van der Waals surface area contributed by atoms with Crippen molar-refractivity contribution in [2.75, 3.05) is 46.3 Å². The number of carboxylic acids is 1. The Morgan fingerprint density at radius 2 is 1.89 bits per heavy atom. The van der Waals surface area contributed by atoms with Gasteiger partial charge < -0.3 is 29.5 Å². The summed E-state index contributed by atoms with van der Waals surface area (Å²) < 4.78 is 15.9. The molecule has 1 amide bonds. The zero-order valence-electron chi connectivity index (χ0n) is 16.6. The van der Waals surface area contributed by atoms with Crippen molar-refractivity contribution in [1.29, 1.82) is 0 Å². The maximum absolute atomic E-state index is 12.4. The average molecular weight is 392 g/mol. The number of amides is 1. The number of likely N-dealkylation sites (tertiary alicyclic amines) is 1. The van der Waals surface area contributed by atoms with Crippen LogP contribution in [-0.2, 0) is 9.59 Å². The Morgan fingerprint density at radius 1 is 1.21 bits per heavy atom. The van der Waals surface area contributed by atoms with Crippen LogP contribution in [0.3, 0.4) is 0 Å². The molecule has 8 heteroatoms. The second-order valence-electron chi connectivity index (χ2n) is 7.50. The SMILES string of the molecule is COc1cc(NC(=O)CCN2C[C@@H]3CCC[C@@]3(C(=O)O)C2)cc(OC)c1OC. The molecule has 1 aliphatic heterocycles. The lowest BCUT2D eigenvalue weighted by atomic mass is 9.81. The zero-order valence-corrected chi connectivity index (χ0v) is 16.6. The number of anilines is 1. The fourth-order valence-electron chi connectivity index (χ4n) is 4.55. The molecular weight excluding hydrogens is 364 g/mol. The van der Waals surface area contributed by atoms with E-state index < -0.39 is 11.4 Å². The number of benzene rings is 1. The van der Waals surface area contributed by atoms with E-state index in [1.54, 1.807) is 12.1 Å². The summed E-state index contributed by atoms with van der Waals surface area (Å²) in [5.74, 6) is 0.754. The monoisotopic (exact) mass is 392 g/mol. The van der Waals surface area contributed by atoms with E-state index in [1.165, 1.54) is 21.3 Å². The highest BCUT2D eigenvalue weighted by Crippen LogP contribution is 2.48. The van der Waals surface area contributed by atoms with Crippen molar-refractivity contribution in [2.45, 2.75) is 25.7 Å². The number of aliphatic carboxylic acids is 1. The van der Waals surface area contributed by atoms with Gasteiger partial charge in [0.05, 0.1) is 26.7 Å². The molecule has 1 aromatic carbocycles. The van der Waals surface area contributed by atoms with Crippen LogP contribution < -0.4 is 19.5 Å². The lowest BCUT2D eigenvalue weighted by molar-refractivity contribution is -0.149. The molecule has 28 heavy (non-hydrogen) atoms. The van der Waals surface area contributed by atoms with Gasteiger partial charge in [0.1, 0.15) is 0 Å². The molecule has 1 aromatic rings. The molecule has 3 rings (SSSR count). The highest BCUT2D eigenvalue weighted by atomic mass is 16.5. The van der Waals surface area contributed by atoms with Crippen LogP contribution in [0.25, 0.3) is 0 Å². The number of nitrogens with one attached hydrogen (secondary N) is 1. The van der Waals surface area contributed by atoms with Crippen LogP contribution in [0.4, 0.5) is 5.69 Å². The zero-order chi connectivity index (χ0) is 20.3. The van der Waals surface area contributed by atoms with Crippen molar-refractivity contribution in [3.8, 4) is 17.2 Å². The van der Waals surface area contributed by atoms with Gasteiger partial charge in [-0.3, -0.25) is 9.59 Å². The highest BCUT2D eigenvalue weighted by molar-refractivity contribution is 5.91. The smallest absolute Gasteiger partial charge is 0.311 e. The Morgan fingerprint density at radius 3 is 2.43 bits per heavy atom. The number of hydrogen-bond acceptors (Lipinski definition) is 6. The molecule has 8 nitrogen and oxygen atoms in total. The summed E-state index contributed by atoms with van der Waals surface area (Å²) in [4.78, 5) is 26.3. The maximum Gasteiger partial charge on any atom is 0.311 e. The van der Waals surface area contributed by atoms with Gasteiger partial charge in [0.2, 0.25) is 11.7 Å². The van der Waals surface area contributed by atoms with E-state index in [-0.39, 0.29) is 11.8 Å². The first-order valence-corrected chi connectivity index (χ1v) is 9.49. The number of carboxylic acid groups (broad SMARTS) is 1. The van der Waals surface area contributed by atoms with E-state index in [1.807, 2.05) is 0 Å². The van der Waals surface area contributed by atoms with Crippen LogP contribution in [0.2, 0.25) is 0 Å². The molecule has 2 aliphatic rings. The summed E-state index contributed by atoms with van der Waals surface area (Å²) in [6, 6.07) is 3.36. The number of rotatable bonds is 8. The summed E-state index contributed by atoms with van der Waals surface area (Å²) in [5, 5.41) is 12.5. The van der Waals surface area contributed by atoms with Gasteiger partial charge in [-0.15, -0.1) is 0 Å². The number of ether oxygens (including phenoxy) is 3. The standard InChI is InChI=1S/C20H28N2O6/c1-26-15-9-14(10-16(27-2)18(15)28-3)21-17(23)6-8-22-11-13-5-4-7-20(13,12-22)19(24)25/h9-10,13H,4-8,11-12H2,1-3H3,(H,21,23)(H,24,25)/t13-,20+/m0/s1. The predicted molar refractivity (Wildman–Crippen MR) is 103 cm³/mol. The van der Waals surface area contributed by atoms with Crippen LogP contribution in [0.1, 0.15) is 25.7 Å². The number of methoxy groups -OCH3 is 3. The highest BCUT2D eigenvalue weighted by Gasteiger charge is 2.54. The normalized spacial score (nSPS) is 23.9. The molecule has 154 valence electrons. The van der Waals surface area contributed by atoms with Crippen molar-refractivity contribution in [2.24, 2.45) is 11.3 Å². The molecule has 0 aromatic heterocycles. The minimum absolute atomic E-state index is 0.143. The first-order valence-electron chi connectivity index (χ1n) is 9.49. The quantitative estimate of drug-likeness (QED) is 0.700. The van der Waals surface area contributed by atoms with Gasteiger partial charge in [-0.25, -0.2) is 0 Å². The first-order chi connectivity index (χ1) is 13.4. The molecule has 1 saturated carbocycles. The Bertz CT molecular complexity index is 727. The molecule has 0 bridgehead atoms. The van der Waals surface area contributed by atoms with Crippen molar-refractivity contribution in [3.05, 3.63) is 12.1 Å². The molecule has 0 unspecified atom stereocenters. The average Bonchev–Trinajstić information content (AvgIpc) is 3.23. The summed E-state index contributed by atoms with van der Waals surface area (Å²) in [5.41, 5.74) is -0.0625. The van der Waals surface area contributed by atoms with Gasteiger partial charge in [0.15, 0.2) is 11.5 Å². The third kappa shape index (κ3) is 3.73. The molecule has 2 atom stereocenters. The third-order valence-electron chi connectivity index (χ3n) is 5.97. The van der Waals surface area contributed by atoms with Crippen LogP contribution in [0.15, 0.2) is 12.1 Å². The maximum atomic E-state index is 12.4. The molecule has 1 saturated heterocycles. The summed E-state index contributed by atoms with van der Waals surface area (Å²) in [6.45, 7) is 1.83. The molecule has 0 radical (unpaired) electrons. The van der Waals surface area contributed by atoms with Crippen molar-refractivity contribution >= 4 is 17.6 Å². The van der Waals surface area contributed by atoms with E-state index in [4.69, 9.17) is 14.2 Å². The van der Waals surface area contributed by atoms with Crippen LogP contribution >= 0.6 is 0 Å².